The summed E-state index contributed by atoms with van der Waals surface area (Å²) in [6.07, 6.45) is 6.48. The molecule has 2 N–H and O–H groups in total. The van der Waals surface area contributed by atoms with E-state index in [9.17, 15) is 4.79 Å². The van der Waals surface area contributed by atoms with Gasteiger partial charge in [-0.2, -0.15) is 0 Å². The highest BCUT2D eigenvalue weighted by Crippen LogP contribution is 2.10. The quantitative estimate of drug-likeness (QED) is 0.636. The number of nitrogens with zero attached hydrogens (tertiary/aromatic N) is 1. The number of allylic oxidation sites excluding steroid dienone is 1. The van der Waals surface area contributed by atoms with Gasteiger partial charge >= 0.3 is 5.97 Å². The van der Waals surface area contributed by atoms with Gasteiger partial charge in [-0.3, -0.25) is 4.98 Å². The number of carbonyl (C=O) groups is 1. The average molecular weight is 232 g/mol. The van der Waals surface area contributed by atoms with Crippen molar-refractivity contribution in [2.45, 2.75) is 13.8 Å². The lowest BCUT2D eigenvalue weighted by atomic mass is 10.1. The van der Waals surface area contributed by atoms with Gasteiger partial charge in [-0.1, -0.05) is 6.07 Å². The van der Waals surface area contributed by atoms with Gasteiger partial charge in [-0.05, 0) is 32.1 Å². The van der Waals surface area contributed by atoms with Crippen LogP contribution in [0, 0.1) is 0 Å². The van der Waals surface area contributed by atoms with Crippen LogP contribution in [0.4, 0.5) is 0 Å². The molecule has 0 saturated carbocycles. The normalized spacial score (nSPS) is 11.8. The zero-order chi connectivity index (χ0) is 12.7. The summed E-state index contributed by atoms with van der Waals surface area (Å²) < 4.78 is 4.80. The Hall–Kier alpha value is -2.10. The van der Waals surface area contributed by atoms with Crippen molar-refractivity contribution in [3.05, 3.63) is 41.4 Å². The molecule has 1 aromatic rings. The molecule has 0 aliphatic rings. The van der Waals surface area contributed by atoms with Crippen molar-refractivity contribution >= 4 is 18.1 Å². The van der Waals surface area contributed by atoms with Gasteiger partial charge in [0.25, 0.3) is 0 Å². The molecule has 0 radical (unpaired) electrons. The van der Waals surface area contributed by atoms with Gasteiger partial charge in [0.05, 0.1) is 12.3 Å². The van der Waals surface area contributed by atoms with Crippen LogP contribution in [0.15, 0.2) is 30.1 Å². The first-order valence-electron chi connectivity index (χ1n) is 5.37. The van der Waals surface area contributed by atoms with Crippen molar-refractivity contribution in [3.63, 3.8) is 0 Å². The molecule has 0 atom stereocenters. The van der Waals surface area contributed by atoms with Crippen molar-refractivity contribution in [3.8, 4) is 0 Å². The fraction of sp³-hybridized carbons (Fsp3) is 0.231. The summed E-state index contributed by atoms with van der Waals surface area (Å²) >= 11 is 0. The molecule has 1 rings (SSSR count). The van der Waals surface area contributed by atoms with Crippen LogP contribution >= 0.6 is 0 Å². The predicted octanol–water partition coefficient (Wildman–Crippen LogP) is 1.98. The minimum atomic E-state index is -0.365. The maximum absolute atomic E-state index is 11.2. The molecule has 0 saturated heterocycles. The van der Waals surface area contributed by atoms with E-state index in [1.807, 2.05) is 6.07 Å². The van der Waals surface area contributed by atoms with E-state index in [1.165, 1.54) is 6.08 Å². The molecule has 0 aliphatic heterocycles. The zero-order valence-corrected chi connectivity index (χ0v) is 10.0. The fourth-order valence-electron chi connectivity index (χ4n) is 1.26. The smallest absolute Gasteiger partial charge is 0.330 e. The maximum atomic E-state index is 11.2. The number of rotatable bonds is 4. The molecule has 0 aromatic carbocycles. The van der Waals surface area contributed by atoms with Crippen LogP contribution in [0.25, 0.3) is 12.2 Å². The SMILES string of the molecule is CCOC(=O)/C=C/c1cccnc1/C=C(/C)N. The molecule has 0 amide bonds. The van der Waals surface area contributed by atoms with Crippen LogP contribution in [0.2, 0.25) is 0 Å². The number of carbonyl (C=O) groups excluding carboxylic acids is 1. The number of nitrogens with two attached hydrogens (primary N) is 1. The number of hydrogen-bond donors (Lipinski definition) is 1. The van der Waals surface area contributed by atoms with E-state index >= 15 is 0 Å². The molecule has 0 unspecified atom stereocenters. The number of ether oxygens (including phenoxy) is 1. The number of pyridine rings is 1. The Balaban J connectivity index is 2.91. The van der Waals surface area contributed by atoms with Gasteiger partial charge in [-0.15, -0.1) is 0 Å². The van der Waals surface area contributed by atoms with E-state index in [0.717, 1.165) is 11.3 Å². The Morgan fingerprint density at radius 1 is 1.59 bits per heavy atom. The van der Waals surface area contributed by atoms with Crippen molar-refractivity contribution in [2.24, 2.45) is 5.73 Å². The van der Waals surface area contributed by atoms with Crippen LogP contribution in [0.5, 0.6) is 0 Å². The molecule has 1 aromatic heterocycles. The van der Waals surface area contributed by atoms with Crippen LogP contribution in [-0.4, -0.2) is 17.6 Å². The third kappa shape index (κ3) is 4.51. The predicted molar refractivity (Wildman–Crippen MR) is 67.7 cm³/mol. The Labute approximate surface area is 101 Å². The molecule has 0 aliphatic carbocycles. The van der Waals surface area contributed by atoms with E-state index in [2.05, 4.69) is 4.98 Å². The monoisotopic (exact) mass is 232 g/mol. The summed E-state index contributed by atoms with van der Waals surface area (Å²) in [6.45, 7) is 3.92. The molecule has 1 heterocycles. The molecule has 0 fully saturated rings. The summed E-state index contributed by atoms with van der Waals surface area (Å²) in [6, 6.07) is 3.66. The number of aromatic nitrogens is 1. The second-order valence-electron chi connectivity index (χ2n) is 3.45. The van der Waals surface area contributed by atoms with E-state index in [-0.39, 0.29) is 5.97 Å². The van der Waals surface area contributed by atoms with Gasteiger partial charge in [0.1, 0.15) is 0 Å². The maximum Gasteiger partial charge on any atom is 0.330 e. The molecule has 0 bridgehead atoms. The summed E-state index contributed by atoms with van der Waals surface area (Å²) in [7, 11) is 0. The summed E-state index contributed by atoms with van der Waals surface area (Å²) in [5, 5.41) is 0. The summed E-state index contributed by atoms with van der Waals surface area (Å²) in [4.78, 5) is 15.4. The molecule has 17 heavy (non-hydrogen) atoms. The highest BCUT2D eigenvalue weighted by Gasteiger charge is 1.99. The van der Waals surface area contributed by atoms with Crippen LogP contribution in [0.1, 0.15) is 25.1 Å². The van der Waals surface area contributed by atoms with Crippen LogP contribution < -0.4 is 5.73 Å². The summed E-state index contributed by atoms with van der Waals surface area (Å²) in [5.41, 5.74) is 7.82. The Kier molecular flexibility index (Phi) is 4.94. The minimum absolute atomic E-state index is 0.365. The van der Waals surface area contributed by atoms with E-state index in [4.69, 9.17) is 10.5 Å². The van der Waals surface area contributed by atoms with Gasteiger partial charge in [-0.25, -0.2) is 4.79 Å². The first kappa shape index (κ1) is 13.0. The minimum Gasteiger partial charge on any atom is -0.463 e. The van der Waals surface area contributed by atoms with Gasteiger partial charge < -0.3 is 10.5 Å². The third-order valence-electron chi connectivity index (χ3n) is 1.92. The third-order valence-corrected chi connectivity index (χ3v) is 1.92. The molecule has 4 heteroatoms. The Morgan fingerprint density at radius 3 is 3.00 bits per heavy atom. The number of esters is 1. The molecule has 0 spiro atoms. The van der Waals surface area contributed by atoms with Crippen molar-refractivity contribution in [2.75, 3.05) is 6.61 Å². The van der Waals surface area contributed by atoms with Crippen molar-refractivity contribution < 1.29 is 9.53 Å². The Bertz CT molecular complexity index is 446. The standard InChI is InChI=1S/C13H16N2O2/c1-3-17-13(16)7-6-11-5-4-8-15-12(11)9-10(2)14/h4-9H,3,14H2,1-2H3/b7-6+,10-9-. The lowest BCUT2D eigenvalue weighted by Crippen LogP contribution is -1.99. The van der Waals surface area contributed by atoms with Crippen LogP contribution in [0.3, 0.4) is 0 Å². The van der Waals surface area contributed by atoms with Gasteiger partial charge in [0, 0.05) is 23.5 Å². The molecule has 90 valence electrons. The first-order chi connectivity index (χ1) is 8.13. The first-order valence-corrected chi connectivity index (χ1v) is 5.37. The highest BCUT2D eigenvalue weighted by atomic mass is 16.5. The van der Waals surface area contributed by atoms with Gasteiger partial charge in [0.2, 0.25) is 0 Å². The fourth-order valence-corrected chi connectivity index (χ4v) is 1.26. The second kappa shape index (κ2) is 6.48. The lowest BCUT2D eigenvalue weighted by Gasteiger charge is -2.00. The molecule has 4 nitrogen and oxygen atoms in total. The summed E-state index contributed by atoms with van der Waals surface area (Å²) in [5.74, 6) is -0.365. The lowest BCUT2D eigenvalue weighted by molar-refractivity contribution is -0.137. The largest absolute Gasteiger partial charge is 0.463 e. The van der Waals surface area contributed by atoms with Crippen LogP contribution in [-0.2, 0) is 9.53 Å². The van der Waals surface area contributed by atoms with E-state index in [0.29, 0.717) is 12.3 Å². The van der Waals surface area contributed by atoms with Gasteiger partial charge in [0.15, 0.2) is 0 Å². The average Bonchev–Trinajstić information content (AvgIpc) is 2.27. The molecular formula is C13H16N2O2. The van der Waals surface area contributed by atoms with E-state index in [1.54, 1.807) is 38.3 Å². The zero-order valence-electron chi connectivity index (χ0n) is 10.0. The number of hydrogen-bond acceptors (Lipinski definition) is 4. The van der Waals surface area contributed by atoms with Crippen molar-refractivity contribution in [1.82, 2.24) is 4.98 Å². The second-order valence-corrected chi connectivity index (χ2v) is 3.45. The molecular weight excluding hydrogens is 216 g/mol. The highest BCUT2D eigenvalue weighted by molar-refractivity contribution is 5.87. The van der Waals surface area contributed by atoms with Crippen molar-refractivity contribution in [1.29, 1.82) is 0 Å². The Morgan fingerprint density at radius 2 is 2.35 bits per heavy atom. The topological polar surface area (TPSA) is 65.2 Å². The van der Waals surface area contributed by atoms with E-state index < -0.39 is 0 Å².